The maximum Gasteiger partial charge on any atom is 0.253 e. The van der Waals surface area contributed by atoms with Crippen molar-refractivity contribution < 1.29 is 4.79 Å². The maximum atomic E-state index is 12.3. The lowest BCUT2D eigenvalue weighted by atomic mass is 9.97. The normalized spacial score (nSPS) is 17.2. The van der Waals surface area contributed by atoms with Crippen LogP contribution in [0.2, 0.25) is 0 Å². The number of nitriles is 1. The van der Waals surface area contributed by atoms with E-state index in [2.05, 4.69) is 11.4 Å². The van der Waals surface area contributed by atoms with Crippen LogP contribution in [0.4, 0.5) is 0 Å². The average Bonchev–Trinajstić information content (AvgIpc) is 2.78. The number of rotatable bonds is 2. The number of hydrogen-bond donors (Lipinski definition) is 1. The van der Waals surface area contributed by atoms with Crippen molar-refractivity contribution >= 4 is 5.91 Å². The lowest BCUT2D eigenvalue weighted by Crippen LogP contribution is -2.45. The molecule has 3 heteroatoms. The van der Waals surface area contributed by atoms with Gasteiger partial charge < -0.3 is 5.32 Å². The highest BCUT2D eigenvalue weighted by Gasteiger charge is 2.35. The number of carbonyl (C=O) groups excluding carboxylic acids is 1. The van der Waals surface area contributed by atoms with Gasteiger partial charge in [0, 0.05) is 5.56 Å². The fourth-order valence-electron chi connectivity index (χ4n) is 2.70. The van der Waals surface area contributed by atoms with Crippen LogP contribution >= 0.6 is 0 Å². The molecule has 0 radical (unpaired) electrons. The lowest BCUT2D eigenvalue weighted by molar-refractivity contribution is 0.0919. The first-order valence-corrected chi connectivity index (χ1v) is 6.38. The number of carbonyl (C=O) groups is 1. The second-order valence-corrected chi connectivity index (χ2v) is 5.12. The summed E-state index contributed by atoms with van der Waals surface area (Å²) in [5.41, 5.74) is 1.97. The van der Waals surface area contributed by atoms with Crippen molar-refractivity contribution in [1.29, 1.82) is 5.26 Å². The molecule has 1 fully saturated rings. The van der Waals surface area contributed by atoms with Crippen molar-refractivity contribution in [2.24, 2.45) is 0 Å². The smallest absolute Gasteiger partial charge is 0.253 e. The third-order valence-electron chi connectivity index (χ3n) is 3.73. The molecule has 1 aliphatic carbocycles. The maximum absolute atomic E-state index is 12.3. The van der Waals surface area contributed by atoms with Crippen molar-refractivity contribution in [3.05, 3.63) is 34.9 Å². The summed E-state index contributed by atoms with van der Waals surface area (Å²) in [7, 11) is 0. The van der Waals surface area contributed by atoms with Gasteiger partial charge in [0.05, 0.1) is 6.07 Å². The van der Waals surface area contributed by atoms with E-state index in [-0.39, 0.29) is 5.91 Å². The van der Waals surface area contributed by atoms with E-state index in [1.807, 2.05) is 32.0 Å². The van der Waals surface area contributed by atoms with Crippen LogP contribution in [0.1, 0.15) is 47.2 Å². The van der Waals surface area contributed by atoms with Crippen LogP contribution in [-0.4, -0.2) is 11.4 Å². The van der Waals surface area contributed by atoms with Gasteiger partial charge in [0.15, 0.2) is 0 Å². The van der Waals surface area contributed by atoms with E-state index < -0.39 is 5.54 Å². The van der Waals surface area contributed by atoms with E-state index in [1.165, 1.54) is 0 Å². The van der Waals surface area contributed by atoms with Gasteiger partial charge in [-0.2, -0.15) is 5.26 Å². The number of nitrogens with zero attached hydrogens (tertiary/aromatic N) is 1. The van der Waals surface area contributed by atoms with E-state index in [1.54, 1.807) is 0 Å². The first-order valence-electron chi connectivity index (χ1n) is 6.38. The minimum Gasteiger partial charge on any atom is -0.334 e. The van der Waals surface area contributed by atoms with Gasteiger partial charge in [-0.1, -0.05) is 18.2 Å². The molecule has 2 rings (SSSR count). The van der Waals surface area contributed by atoms with Crippen LogP contribution in [0.15, 0.2) is 18.2 Å². The average molecular weight is 242 g/mol. The molecule has 0 aromatic heterocycles. The summed E-state index contributed by atoms with van der Waals surface area (Å²) in [6, 6.07) is 8.08. The SMILES string of the molecule is Cc1cccc(C)c1C(=O)NC1(C#N)CCCC1. The number of amides is 1. The summed E-state index contributed by atoms with van der Waals surface area (Å²) in [5.74, 6) is -0.117. The number of benzene rings is 1. The zero-order valence-electron chi connectivity index (χ0n) is 10.9. The van der Waals surface area contributed by atoms with Crippen LogP contribution in [0.25, 0.3) is 0 Å². The van der Waals surface area contributed by atoms with Gasteiger partial charge in [-0.05, 0) is 50.7 Å². The highest BCUT2D eigenvalue weighted by atomic mass is 16.1. The largest absolute Gasteiger partial charge is 0.334 e. The third kappa shape index (κ3) is 2.24. The fourth-order valence-corrected chi connectivity index (χ4v) is 2.70. The predicted molar refractivity (Wildman–Crippen MR) is 70.2 cm³/mol. The molecule has 1 aliphatic rings. The summed E-state index contributed by atoms with van der Waals surface area (Å²) >= 11 is 0. The zero-order chi connectivity index (χ0) is 13.2. The van der Waals surface area contributed by atoms with E-state index in [4.69, 9.17) is 0 Å². The number of nitrogens with one attached hydrogen (secondary N) is 1. The molecule has 0 unspecified atom stereocenters. The molecule has 94 valence electrons. The van der Waals surface area contributed by atoms with Crippen molar-refractivity contribution in [3.8, 4) is 6.07 Å². The molecular formula is C15H18N2O. The van der Waals surface area contributed by atoms with Gasteiger partial charge in [0.1, 0.15) is 5.54 Å². The second kappa shape index (κ2) is 4.81. The van der Waals surface area contributed by atoms with E-state index in [9.17, 15) is 10.1 Å². The minimum atomic E-state index is -0.647. The molecule has 1 saturated carbocycles. The van der Waals surface area contributed by atoms with Gasteiger partial charge in [-0.3, -0.25) is 4.79 Å². The van der Waals surface area contributed by atoms with Crippen molar-refractivity contribution in [1.82, 2.24) is 5.32 Å². The minimum absolute atomic E-state index is 0.117. The molecule has 0 aliphatic heterocycles. The molecule has 1 aromatic carbocycles. The summed E-state index contributed by atoms with van der Waals surface area (Å²) in [6.45, 7) is 3.85. The van der Waals surface area contributed by atoms with Crippen LogP contribution < -0.4 is 5.32 Å². The van der Waals surface area contributed by atoms with Crippen molar-refractivity contribution in [2.75, 3.05) is 0 Å². The van der Waals surface area contributed by atoms with Gasteiger partial charge in [-0.25, -0.2) is 0 Å². The molecule has 1 aromatic rings. The summed E-state index contributed by atoms with van der Waals surface area (Å²) in [4.78, 5) is 12.3. The standard InChI is InChI=1S/C15H18N2O/c1-11-6-5-7-12(2)13(11)14(18)17-15(10-16)8-3-4-9-15/h5-7H,3-4,8-9H2,1-2H3,(H,17,18). The molecule has 0 atom stereocenters. The first kappa shape index (κ1) is 12.6. The van der Waals surface area contributed by atoms with E-state index in [0.29, 0.717) is 5.56 Å². The Labute approximate surface area is 108 Å². The summed E-state index contributed by atoms with van der Waals surface area (Å²) < 4.78 is 0. The highest BCUT2D eigenvalue weighted by Crippen LogP contribution is 2.29. The molecule has 3 nitrogen and oxygen atoms in total. The Hall–Kier alpha value is -1.82. The topological polar surface area (TPSA) is 52.9 Å². The Morgan fingerprint density at radius 2 is 1.83 bits per heavy atom. The molecule has 0 saturated heterocycles. The zero-order valence-corrected chi connectivity index (χ0v) is 10.9. The monoisotopic (exact) mass is 242 g/mol. The quantitative estimate of drug-likeness (QED) is 0.867. The second-order valence-electron chi connectivity index (χ2n) is 5.12. The molecule has 1 N–H and O–H groups in total. The van der Waals surface area contributed by atoms with Crippen molar-refractivity contribution in [2.45, 2.75) is 45.1 Å². The fraction of sp³-hybridized carbons (Fsp3) is 0.467. The van der Waals surface area contributed by atoms with Crippen LogP contribution in [-0.2, 0) is 0 Å². The molecular weight excluding hydrogens is 224 g/mol. The summed E-state index contributed by atoms with van der Waals surface area (Å²) in [6.07, 6.45) is 3.56. The van der Waals surface area contributed by atoms with Gasteiger partial charge in [-0.15, -0.1) is 0 Å². The Morgan fingerprint density at radius 3 is 2.33 bits per heavy atom. The Kier molecular flexibility index (Phi) is 3.38. The third-order valence-corrected chi connectivity index (χ3v) is 3.73. The Bertz CT molecular complexity index is 487. The lowest BCUT2D eigenvalue weighted by Gasteiger charge is -2.23. The Morgan fingerprint density at radius 1 is 1.28 bits per heavy atom. The van der Waals surface area contributed by atoms with Crippen LogP contribution in [0.3, 0.4) is 0 Å². The van der Waals surface area contributed by atoms with Gasteiger partial charge in [0.25, 0.3) is 5.91 Å². The molecule has 1 amide bonds. The molecule has 0 spiro atoms. The van der Waals surface area contributed by atoms with Gasteiger partial charge >= 0.3 is 0 Å². The van der Waals surface area contributed by atoms with E-state index >= 15 is 0 Å². The highest BCUT2D eigenvalue weighted by molar-refractivity contribution is 5.97. The first-order chi connectivity index (χ1) is 8.58. The predicted octanol–water partition coefficient (Wildman–Crippen LogP) is 2.87. The molecule has 18 heavy (non-hydrogen) atoms. The number of aryl methyl sites for hydroxylation is 2. The van der Waals surface area contributed by atoms with Crippen LogP contribution in [0.5, 0.6) is 0 Å². The number of hydrogen-bond acceptors (Lipinski definition) is 2. The van der Waals surface area contributed by atoms with Crippen LogP contribution in [0, 0.1) is 25.2 Å². The van der Waals surface area contributed by atoms with Gasteiger partial charge in [0.2, 0.25) is 0 Å². The van der Waals surface area contributed by atoms with E-state index in [0.717, 1.165) is 36.8 Å². The Balaban J connectivity index is 2.25. The summed E-state index contributed by atoms with van der Waals surface area (Å²) in [5, 5.41) is 12.2. The molecule has 0 heterocycles. The molecule has 0 bridgehead atoms. The van der Waals surface area contributed by atoms with Crippen molar-refractivity contribution in [3.63, 3.8) is 0 Å².